The van der Waals surface area contributed by atoms with Crippen LogP contribution in [-0.2, 0) is 4.79 Å². The van der Waals surface area contributed by atoms with E-state index >= 15 is 0 Å². The monoisotopic (exact) mass is 260 g/mol. The first-order chi connectivity index (χ1) is 9.29. The van der Waals surface area contributed by atoms with Gasteiger partial charge in [-0.1, -0.05) is 18.6 Å². The van der Waals surface area contributed by atoms with Gasteiger partial charge in [-0.05, 0) is 43.4 Å². The summed E-state index contributed by atoms with van der Waals surface area (Å²) in [5, 5.41) is 6.35. The second kappa shape index (κ2) is 5.21. The van der Waals surface area contributed by atoms with E-state index in [1.165, 1.54) is 19.3 Å². The lowest BCUT2D eigenvalue weighted by molar-refractivity contribution is -0.118. The van der Waals surface area contributed by atoms with Crippen molar-refractivity contribution in [2.75, 3.05) is 19.0 Å². The van der Waals surface area contributed by atoms with Gasteiger partial charge >= 0.3 is 0 Å². The normalized spacial score (nSPS) is 29.0. The van der Waals surface area contributed by atoms with E-state index in [1.807, 2.05) is 24.3 Å². The number of nitrogens with one attached hydrogen (secondary N) is 2. The molecular weight excluding hydrogens is 240 g/mol. The van der Waals surface area contributed by atoms with Crippen LogP contribution >= 0.6 is 0 Å². The van der Waals surface area contributed by atoms with E-state index < -0.39 is 0 Å². The van der Waals surface area contributed by atoms with Crippen LogP contribution in [0.4, 0.5) is 5.69 Å². The number of anilines is 1. The van der Waals surface area contributed by atoms with E-state index in [2.05, 4.69) is 10.6 Å². The van der Waals surface area contributed by atoms with Crippen LogP contribution in [0.5, 0.6) is 5.75 Å². The van der Waals surface area contributed by atoms with E-state index in [9.17, 15) is 4.79 Å². The van der Waals surface area contributed by atoms with Crippen molar-refractivity contribution < 1.29 is 9.53 Å². The lowest BCUT2D eigenvalue weighted by Gasteiger charge is -2.18. The van der Waals surface area contributed by atoms with Gasteiger partial charge in [-0.15, -0.1) is 0 Å². The smallest absolute Gasteiger partial charge is 0.241 e. The number of hydrogen-bond donors (Lipinski definition) is 2. The predicted octanol–water partition coefficient (Wildman–Crippen LogP) is 2.02. The van der Waals surface area contributed by atoms with Gasteiger partial charge in [0.15, 0.2) is 0 Å². The van der Waals surface area contributed by atoms with Crippen LogP contribution in [-0.4, -0.2) is 25.6 Å². The van der Waals surface area contributed by atoms with Crippen LogP contribution in [0, 0.1) is 11.8 Å². The Morgan fingerprint density at radius 3 is 3.05 bits per heavy atom. The van der Waals surface area contributed by atoms with Crippen molar-refractivity contribution >= 4 is 11.6 Å². The molecule has 2 aliphatic rings. The number of hydrogen-bond acceptors (Lipinski definition) is 3. The van der Waals surface area contributed by atoms with Crippen molar-refractivity contribution in [3.8, 4) is 5.75 Å². The van der Waals surface area contributed by atoms with Crippen LogP contribution < -0.4 is 15.4 Å². The molecule has 19 heavy (non-hydrogen) atoms. The molecule has 1 aliphatic carbocycles. The number of carbonyl (C=O) groups is 1. The van der Waals surface area contributed by atoms with E-state index in [-0.39, 0.29) is 11.9 Å². The topological polar surface area (TPSA) is 50.4 Å². The molecule has 0 spiro atoms. The van der Waals surface area contributed by atoms with Gasteiger partial charge in [-0.2, -0.15) is 0 Å². The molecular formula is C15H20N2O2. The molecule has 3 rings (SSSR count). The molecule has 2 fully saturated rings. The second-order valence-corrected chi connectivity index (χ2v) is 5.43. The maximum Gasteiger partial charge on any atom is 0.241 e. The summed E-state index contributed by atoms with van der Waals surface area (Å²) < 4.78 is 5.26. The summed E-state index contributed by atoms with van der Waals surface area (Å²) in [6, 6.07) is 7.49. The number of para-hydroxylation sites is 2. The minimum atomic E-state index is -0.0441. The molecule has 4 heteroatoms. The second-order valence-electron chi connectivity index (χ2n) is 5.43. The van der Waals surface area contributed by atoms with E-state index in [0.29, 0.717) is 17.6 Å². The van der Waals surface area contributed by atoms with Gasteiger partial charge in [0.2, 0.25) is 5.91 Å². The molecule has 3 unspecified atom stereocenters. The Bertz CT molecular complexity index is 475. The lowest BCUT2D eigenvalue weighted by Crippen LogP contribution is -2.39. The molecule has 2 N–H and O–H groups in total. The van der Waals surface area contributed by atoms with Gasteiger partial charge < -0.3 is 15.4 Å². The first-order valence-electron chi connectivity index (χ1n) is 6.97. The highest BCUT2D eigenvalue weighted by atomic mass is 16.5. The zero-order chi connectivity index (χ0) is 13.2. The molecule has 1 saturated heterocycles. The number of fused-ring (bicyclic) bond motifs is 1. The Morgan fingerprint density at radius 1 is 1.37 bits per heavy atom. The minimum absolute atomic E-state index is 0.0441. The van der Waals surface area contributed by atoms with Crippen LogP contribution in [0.25, 0.3) is 0 Å². The highest BCUT2D eigenvalue weighted by Gasteiger charge is 2.42. The van der Waals surface area contributed by atoms with Crippen molar-refractivity contribution in [1.29, 1.82) is 0 Å². The Hall–Kier alpha value is -1.55. The maximum atomic E-state index is 12.4. The lowest BCUT2D eigenvalue weighted by atomic mass is 9.93. The third-order valence-corrected chi connectivity index (χ3v) is 4.39. The first kappa shape index (κ1) is 12.5. The molecule has 1 heterocycles. The number of ether oxygens (including phenoxy) is 1. The number of amides is 1. The molecule has 1 aromatic rings. The van der Waals surface area contributed by atoms with Crippen LogP contribution in [0.3, 0.4) is 0 Å². The average Bonchev–Trinajstić information content (AvgIpc) is 3.01. The zero-order valence-electron chi connectivity index (χ0n) is 11.2. The standard InChI is InChI=1S/C15H20N2O2/c1-19-13-8-3-2-7-12(13)17-15(18)14-11-6-4-5-10(11)9-16-14/h2-3,7-8,10-11,14,16H,4-6,9H2,1H3,(H,17,18). The van der Waals surface area contributed by atoms with Gasteiger partial charge in [0.1, 0.15) is 5.75 Å². The largest absolute Gasteiger partial charge is 0.495 e. The Kier molecular flexibility index (Phi) is 3.42. The van der Waals surface area contributed by atoms with Gasteiger partial charge in [0.25, 0.3) is 0 Å². The molecule has 1 saturated carbocycles. The van der Waals surface area contributed by atoms with Gasteiger partial charge in [-0.25, -0.2) is 0 Å². The van der Waals surface area contributed by atoms with Crippen LogP contribution in [0.15, 0.2) is 24.3 Å². The van der Waals surface area contributed by atoms with Crippen molar-refractivity contribution in [3.63, 3.8) is 0 Å². The summed E-state index contributed by atoms with van der Waals surface area (Å²) in [4.78, 5) is 12.4. The third kappa shape index (κ3) is 2.32. The Labute approximate surface area is 113 Å². The summed E-state index contributed by atoms with van der Waals surface area (Å²) in [6.45, 7) is 0.981. The van der Waals surface area contributed by atoms with Crippen molar-refractivity contribution in [2.24, 2.45) is 11.8 Å². The molecule has 1 aromatic carbocycles. The van der Waals surface area contributed by atoms with Gasteiger partial charge in [0.05, 0.1) is 18.8 Å². The van der Waals surface area contributed by atoms with E-state index in [1.54, 1.807) is 7.11 Å². The number of rotatable bonds is 3. The molecule has 1 amide bonds. The molecule has 102 valence electrons. The average molecular weight is 260 g/mol. The summed E-state index contributed by atoms with van der Waals surface area (Å²) in [6.07, 6.45) is 3.69. The quantitative estimate of drug-likeness (QED) is 0.874. The minimum Gasteiger partial charge on any atom is -0.495 e. The van der Waals surface area contributed by atoms with E-state index in [0.717, 1.165) is 12.2 Å². The van der Waals surface area contributed by atoms with Crippen LogP contribution in [0.1, 0.15) is 19.3 Å². The van der Waals surface area contributed by atoms with Crippen LogP contribution in [0.2, 0.25) is 0 Å². The summed E-state index contributed by atoms with van der Waals surface area (Å²) in [5.74, 6) is 1.97. The predicted molar refractivity (Wildman–Crippen MR) is 74.2 cm³/mol. The number of methoxy groups -OCH3 is 1. The molecule has 3 atom stereocenters. The molecule has 1 aliphatic heterocycles. The summed E-state index contributed by atoms with van der Waals surface area (Å²) in [7, 11) is 1.62. The Morgan fingerprint density at radius 2 is 2.21 bits per heavy atom. The fourth-order valence-corrected chi connectivity index (χ4v) is 3.43. The van der Waals surface area contributed by atoms with E-state index in [4.69, 9.17) is 4.74 Å². The third-order valence-electron chi connectivity index (χ3n) is 4.39. The zero-order valence-corrected chi connectivity index (χ0v) is 11.2. The highest BCUT2D eigenvalue weighted by molar-refractivity contribution is 5.96. The fraction of sp³-hybridized carbons (Fsp3) is 0.533. The van der Waals surface area contributed by atoms with Gasteiger partial charge in [-0.3, -0.25) is 4.79 Å². The molecule has 0 aromatic heterocycles. The van der Waals surface area contributed by atoms with Crippen molar-refractivity contribution in [1.82, 2.24) is 5.32 Å². The highest BCUT2D eigenvalue weighted by Crippen LogP contribution is 2.38. The molecule has 0 radical (unpaired) electrons. The SMILES string of the molecule is COc1ccccc1NC(=O)C1NCC2CCCC21. The maximum absolute atomic E-state index is 12.4. The number of carbonyl (C=O) groups excluding carboxylic acids is 1. The van der Waals surface area contributed by atoms with Crippen molar-refractivity contribution in [3.05, 3.63) is 24.3 Å². The summed E-state index contributed by atoms with van der Waals surface area (Å²) in [5.41, 5.74) is 0.748. The van der Waals surface area contributed by atoms with Crippen molar-refractivity contribution in [2.45, 2.75) is 25.3 Å². The first-order valence-corrected chi connectivity index (χ1v) is 6.97. The number of benzene rings is 1. The molecule has 4 nitrogen and oxygen atoms in total. The Balaban J connectivity index is 1.71. The molecule has 0 bridgehead atoms. The summed E-state index contributed by atoms with van der Waals surface area (Å²) >= 11 is 0. The van der Waals surface area contributed by atoms with Gasteiger partial charge in [0, 0.05) is 0 Å². The fourth-order valence-electron chi connectivity index (χ4n) is 3.43.